The molecule has 0 atom stereocenters. The van der Waals surface area contributed by atoms with Gasteiger partial charge >= 0.3 is 0 Å². The first-order valence-electron chi connectivity index (χ1n) is 2.09. The highest BCUT2D eigenvalue weighted by Gasteiger charge is 2.03. The molecule has 0 aromatic heterocycles. The first-order valence-corrected chi connectivity index (χ1v) is 2.09. The van der Waals surface area contributed by atoms with E-state index in [2.05, 4.69) is 5.32 Å². The van der Waals surface area contributed by atoms with Crippen molar-refractivity contribution in [1.29, 1.82) is 5.41 Å². The molecule has 33 valence electrons. The Kier molecular flexibility index (Phi) is 0.881. The van der Waals surface area contributed by atoms with E-state index in [0.717, 1.165) is 18.7 Å². The molecule has 1 fully saturated rings. The number of nitrogens with one attached hydrogen (secondary N) is 1. The van der Waals surface area contributed by atoms with Gasteiger partial charge in [0.15, 0.2) is 0 Å². The fourth-order valence-corrected chi connectivity index (χ4v) is 0.507. The van der Waals surface area contributed by atoms with Crippen LogP contribution in [0.5, 0.6) is 0 Å². The smallest absolute Gasteiger partial charge is 0.0511 e. The average molecular weight is 83.1 g/mol. The standard InChI is InChI=1S/C4H7N2/c5-4-1-2-6-3-4/h5H,1-3H2. The number of nitrogens with zero attached hydrogens (tertiary/aromatic N) is 1. The average Bonchev–Trinajstić information content (AvgIpc) is 1.86. The van der Waals surface area contributed by atoms with Gasteiger partial charge in [0.25, 0.3) is 0 Å². The summed E-state index contributed by atoms with van der Waals surface area (Å²) in [6.07, 6.45) is 0.903. The molecule has 1 rings (SSSR count). The fraction of sp³-hybridized carbons (Fsp3) is 0.750. The lowest BCUT2D eigenvalue weighted by Crippen LogP contribution is -1.98. The van der Waals surface area contributed by atoms with E-state index in [4.69, 9.17) is 5.41 Å². The second-order valence-corrected chi connectivity index (χ2v) is 1.46. The van der Waals surface area contributed by atoms with Gasteiger partial charge in [0.05, 0.1) is 6.54 Å². The Morgan fingerprint density at radius 1 is 1.67 bits per heavy atom. The third-order valence-corrected chi connectivity index (χ3v) is 0.874. The van der Waals surface area contributed by atoms with Crippen molar-refractivity contribution in [2.45, 2.75) is 6.42 Å². The Morgan fingerprint density at radius 3 is 2.67 bits per heavy atom. The van der Waals surface area contributed by atoms with E-state index in [0.29, 0.717) is 6.54 Å². The molecule has 0 saturated carbocycles. The van der Waals surface area contributed by atoms with Gasteiger partial charge in [-0.1, -0.05) is 0 Å². The summed E-state index contributed by atoms with van der Waals surface area (Å²) in [6.45, 7) is 1.58. The van der Waals surface area contributed by atoms with Crippen LogP contribution in [0.25, 0.3) is 0 Å². The van der Waals surface area contributed by atoms with E-state index >= 15 is 0 Å². The molecule has 6 heavy (non-hydrogen) atoms. The van der Waals surface area contributed by atoms with E-state index in [1.54, 1.807) is 0 Å². The minimum absolute atomic E-state index is 0.694. The van der Waals surface area contributed by atoms with Crippen LogP contribution in [0, 0.1) is 5.41 Å². The molecule has 0 aromatic carbocycles. The number of hydrogen-bond donors (Lipinski definition) is 1. The normalized spacial score (nSPS) is 22.3. The summed E-state index contributed by atoms with van der Waals surface area (Å²) in [7, 11) is 0. The van der Waals surface area contributed by atoms with E-state index in [1.807, 2.05) is 0 Å². The van der Waals surface area contributed by atoms with Crippen LogP contribution in [-0.2, 0) is 0 Å². The minimum atomic E-state index is 0.694. The van der Waals surface area contributed by atoms with E-state index in [-0.39, 0.29) is 0 Å². The van der Waals surface area contributed by atoms with Crippen molar-refractivity contribution in [3.63, 3.8) is 0 Å². The van der Waals surface area contributed by atoms with Gasteiger partial charge in [-0.25, -0.2) is 5.32 Å². The van der Waals surface area contributed by atoms with Crippen molar-refractivity contribution in [3.05, 3.63) is 0 Å². The first-order chi connectivity index (χ1) is 2.89. The molecule has 1 N–H and O–H groups in total. The Morgan fingerprint density at radius 2 is 2.50 bits per heavy atom. The molecule has 0 unspecified atom stereocenters. The molecule has 2 heteroatoms. The molecule has 0 aromatic rings. The Hall–Kier alpha value is -0.370. The van der Waals surface area contributed by atoms with Gasteiger partial charge in [0.1, 0.15) is 0 Å². The van der Waals surface area contributed by atoms with Crippen LogP contribution in [0.3, 0.4) is 0 Å². The monoisotopic (exact) mass is 83.1 g/mol. The Balaban J connectivity index is 2.37. The topological polar surface area (TPSA) is 38.0 Å². The first kappa shape index (κ1) is 3.81. The van der Waals surface area contributed by atoms with Gasteiger partial charge in [-0.3, -0.25) is 0 Å². The molecule has 1 aliphatic rings. The van der Waals surface area contributed by atoms with Crippen molar-refractivity contribution in [3.8, 4) is 0 Å². The van der Waals surface area contributed by atoms with Crippen LogP contribution in [0.2, 0.25) is 0 Å². The third-order valence-electron chi connectivity index (χ3n) is 0.874. The second-order valence-electron chi connectivity index (χ2n) is 1.46. The van der Waals surface area contributed by atoms with E-state index in [1.165, 1.54) is 0 Å². The van der Waals surface area contributed by atoms with Crippen molar-refractivity contribution in [2.24, 2.45) is 0 Å². The quantitative estimate of drug-likeness (QED) is 0.428. The number of rotatable bonds is 0. The molecular formula is C4H7N2. The zero-order chi connectivity index (χ0) is 4.41. The van der Waals surface area contributed by atoms with Crippen molar-refractivity contribution in [1.82, 2.24) is 5.32 Å². The fourth-order valence-electron chi connectivity index (χ4n) is 0.507. The van der Waals surface area contributed by atoms with E-state index < -0.39 is 0 Å². The Bertz CT molecular complexity index is 59.9. The molecule has 0 aliphatic carbocycles. The van der Waals surface area contributed by atoms with Gasteiger partial charge in [-0.15, -0.1) is 0 Å². The van der Waals surface area contributed by atoms with Crippen LogP contribution >= 0.6 is 0 Å². The van der Waals surface area contributed by atoms with Crippen LogP contribution in [-0.4, -0.2) is 18.8 Å². The molecule has 0 spiro atoms. The highest BCUT2D eigenvalue weighted by Crippen LogP contribution is 1.88. The molecule has 1 saturated heterocycles. The van der Waals surface area contributed by atoms with Gasteiger partial charge in [-0.05, 0) is 0 Å². The summed E-state index contributed by atoms with van der Waals surface area (Å²) in [4.78, 5) is 0. The molecule has 2 nitrogen and oxygen atoms in total. The summed E-state index contributed by atoms with van der Waals surface area (Å²) in [6, 6.07) is 0. The van der Waals surface area contributed by atoms with Crippen LogP contribution in [0.1, 0.15) is 6.42 Å². The predicted molar refractivity (Wildman–Crippen MR) is 24.2 cm³/mol. The summed E-state index contributed by atoms with van der Waals surface area (Å²) in [5, 5.41) is 10.9. The van der Waals surface area contributed by atoms with Crippen LogP contribution < -0.4 is 5.32 Å². The minimum Gasteiger partial charge on any atom is -0.308 e. The molecular weight excluding hydrogens is 76.1 g/mol. The maximum Gasteiger partial charge on any atom is 0.0511 e. The number of hydrogen-bond acceptors (Lipinski definition) is 1. The van der Waals surface area contributed by atoms with Crippen molar-refractivity contribution >= 4 is 5.71 Å². The summed E-state index contributed by atoms with van der Waals surface area (Å²) < 4.78 is 0. The van der Waals surface area contributed by atoms with Crippen LogP contribution in [0.15, 0.2) is 0 Å². The van der Waals surface area contributed by atoms with Crippen molar-refractivity contribution < 1.29 is 0 Å². The lowest BCUT2D eigenvalue weighted by atomic mass is 10.3. The molecule has 1 radical (unpaired) electrons. The van der Waals surface area contributed by atoms with Crippen LogP contribution in [0.4, 0.5) is 0 Å². The van der Waals surface area contributed by atoms with Gasteiger partial charge < -0.3 is 5.41 Å². The SMILES string of the molecule is N=C1CC[N]C1. The zero-order valence-electron chi connectivity index (χ0n) is 3.57. The zero-order valence-corrected chi connectivity index (χ0v) is 3.57. The highest BCUT2D eigenvalue weighted by molar-refractivity contribution is 5.85. The van der Waals surface area contributed by atoms with Gasteiger partial charge in [0.2, 0.25) is 0 Å². The van der Waals surface area contributed by atoms with Crippen molar-refractivity contribution in [2.75, 3.05) is 13.1 Å². The third kappa shape index (κ3) is 0.571. The van der Waals surface area contributed by atoms with Gasteiger partial charge in [0, 0.05) is 18.7 Å². The Labute approximate surface area is 37.1 Å². The maximum atomic E-state index is 6.95. The largest absolute Gasteiger partial charge is 0.308 e. The highest BCUT2D eigenvalue weighted by atomic mass is 14.9. The lowest BCUT2D eigenvalue weighted by Gasteiger charge is -1.76. The molecule has 1 heterocycles. The summed E-state index contributed by atoms with van der Waals surface area (Å²) in [5.41, 5.74) is 0.787. The molecule has 1 aliphatic heterocycles. The lowest BCUT2D eigenvalue weighted by molar-refractivity contribution is 0.844. The maximum absolute atomic E-state index is 6.95. The summed E-state index contributed by atoms with van der Waals surface area (Å²) in [5.74, 6) is 0. The van der Waals surface area contributed by atoms with E-state index in [9.17, 15) is 0 Å². The predicted octanol–water partition coefficient (Wildman–Crippen LogP) is 0.0143. The second kappa shape index (κ2) is 1.39. The van der Waals surface area contributed by atoms with Gasteiger partial charge in [-0.2, -0.15) is 0 Å². The molecule has 0 amide bonds. The summed E-state index contributed by atoms with van der Waals surface area (Å²) >= 11 is 0. The molecule has 0 bridgehead atoms.